The van der Waals surface area contributed by atoms with Crippen LogP contribution in [0.3, 0.4) is 0 Å². The Kier molecular flexibility index (Phi) is 4.42. The van der Waals surface area contributed by atoms with Gasteiger partial charge in [0.05, 0.1) is 18.3 Å². The SMILES string of the molecule is C[C@@H]1C(=O)N(C)CCN1CC(=O)Nc1ccc(N)c(F)c1. The molecule has 1 fully saturated rings. The summed E-state index contributed by atoms with van der Waals surface area (Å²) in [4.78, 5) is 27.3. The molecule has 1 aromatic rings. The number of hydrogen-bond acceptors (Lipinski definition) is 4. The summed E-state index contributed by atoms with van der Waals surface area (Å²) >= 11 is 0. The molecule has 7 heteroatoms. The Bertz CT molecular complexity index is 564. The molecule has 1 aliphatic rings. The van der Waals surface area contributed by atoms with Gasteiger partial charge < -0.3 is 16.0 Å². The van der Waals surface area contributed by atoms with E-state index in [9.17, 15) is 14.0 Å². The van der Waals surface area contributed by atoms with E-state index in [-0.39, 0.29) is 30.1 Å². The fraction of sp³-hybridized carbons (Fsp3) is 0.429. The van der Waals surface area contributed by atoms with Crippen molar-refractivity contribution in [2.45, 2.75) is 13.0 Å². The van der Waals surface area contributed by atoms with Crippen molar-refractivity contribution < 1.29 is 14.0 Å². The normalized spacial score (nSPS) is 19.7. The van der Waals surface area contributed by atoms with Crippen LogP contribution in [0.5, 0.6) is 0 Å². The van der Waals surface area contributed by atoms with Gasteiger partial charge in [-0.2, -0.15) is 0 Å². The van der Waals surface area contributed by atoms with Crippen molar-refractivity contribution in [2.24, 2.45) is 0 Å². The summed E-state index contributed by atoms with van der Waals surface area (Å²) < 4.78 is 13.3. The second-order valence-electron chi connectivity index (χ2n) is 5.19. The smallest absolute Gasteiger partial charge is 0.239 e. The van der Waals surface area contributed by atoms with Crippen molar-refractivity contribution in [3.8, 4) is 0 Å². The van der Waals surface area contributed by atoms with Gasteiger partial charge in [-0.25, -0.2) is 4.39 Å². The van der Waals surface area contributed by atoms with Crippen LogP contribution in [0.1, 0.15) is 6.92 Å². The number of carbonyl (C=O) groups excluding carboxylic acids is 2. The van der Waals surface area contributed by atoms with Gasteiger partial charge >= 0.3 is 0 Å². The monoisotopic (exact) mass is 294 g/mol. The number of rotatable bonds is 3. The summed E-state index contributed by atoms with van der Waals surface area (Å²) in [6, 6.07) is 3.77. The zero-order valence-electron chi connectivity index (χ0n) is 12.1. The van der Waals surface area contributed by atoms with E-state index in [2.05, 4.69) is 5.32 Å². The molecule has 1 atom stereocenters. The first-order valence-electron chi connectivity index (χ1n) is 6.72. The van der Waals surface area contributed by atoms with E-state index >= 15 is 0 Å². The summed E-state index contributed by atoms with van der Waals surface area (Å²) in [6.07, 6.45) is 0. The third kappa shape index (κ3) is 3.49. The Labute approximate surface area is 122 Å². The van der Waals surface area contributed by atoms with Gasteiger partial charge in [-0.15, -0.1) is 0 Å². The number of carbonyl (C=O) groups is 2. The van der Waals surface area contributed by atoms with E-state index in [1.54, 1.807) is 23.8 Å². The number of hydrogen-bond donors (Lipinski definition) is 2. The fourth-order valence-electron chi connectivity index (χ4n) is 2.26. The van der Waals surface area contributed by atoms with Crippen LogP contribution in [-0.4, -0.2) is 54.3 Å². The zero-order chi connectivity index (χ0) is 15.6. The quantitative estimate of drug-likeness (QED) is 0.796. The van der Waals surface area contributed by atoms with Crippen LogP contribution in [0.25, 0.3) is 0 Å². The Morgan fingerprint density at radius 2 is 2.19 bits per heavy atom. The first-order valence-corrected chi connectivity index (χ1v) is 6.72. The van der Waals surface area contributed by atoms with E-state index in [1.165, 1.54) is 18.2 Å². The molecule has 2 rings (SSSR count). The van der Waals surface area contributed by atoms with Crippen LogP contribution in [0.2, 0.25) is 0 Å². The summed E-state index contributed by atoms with van der Waals surface area (Å²) in [7, 11) is 1.74. The standard InChI is InChI=1S/C14H19FN4O2/c1-9-14(21)18(2)5-6-19(9)8-13(20)17-10-3-4-12(16)11(15)7-10/h3-4,7,9H,5-6,8,16H2,1-2H3,(H,17,20)/t9-/m1/s1. The molecule has 0 radical (unpaired) electrons. The average molecular weight is 294 g/mol. The van der Waals surface area contributed by atoms with Gasteiger partial charge in [0.2, 0.25) is 11.8 Å². The van der Waals surface area contributed by atoms with Crippen LogP contribution in [0, 0.1) is 5.82 Å². The van der Waals surface area contributed by atoms with Gasteiger partial charge in [-0.1, -0.05) is 0 Å². The van der Waals surface area contributed by atoms with E-state index in [0.717, 1.165) is 0 Å². The Hall–Kier alpha value is -2.15. The van der Waals surface area contributed by atoms with Crippen LogP contribution in [0.15, 0.2) is 18.2 Å². The molecule has 2 amide bonds. The molecule has 1 aliphatic heterocycles. The number of anilines is 2. The highest BCUT2D eigenvalue weighted by molar-refractivity contribution is 5.93. The molecule has 0 aliphatic carbocycles. The van der Waals surface area contributed by atoms with Crippen molar-refractivity contribution in [1.82, 2.24) is 9.80 Å². The largest absolute Gasteiger partial charge is 0.396 e. The minimum absolute atomic E-state index is 0.00687. The van der Waals surface area contributed by atoms with Crippen LogP contribution < -0.4 is 11.1 Å². The van der Waals surface area contributed by atoms with E-state index < -0.39 is 5.82 Å². The number of benzene rings is 1. The minimum atomic E-state index is -0.573. The van der Waals surface area contributed by atoms with Crippen molar-refractivity contribution in [3.05, 3.63) is 24.0 Å². The molecular formula is C14H19FN4O2. The predicted molar refractivity (Wildman–Crippen MR) is 78.1 cm³/mol. The highest BCUT2D eigenvalue weighted by atomic mass is 19.1. The number of likely N-dealkylation sites (N-methyl/N-ethyl adjacent to an activating group) is 1. The van der Waals surface area contributed by atoms with Gasteiger partial charge in [0.1, 0.15) is 5.82 Å². The van der Waals surface area contributed by atoms with Crippen molar-refractivity contribution in [2.75, 3.05) is 37.7 Å². The molecule has 21 heavy (non-hydrogen) atoms. The van der Waals surface area contributed by atoms with E-state index in [4.69, 9.17) is 5.73 Å². The lowest BCUT2D eigenvalue weighted by molar-refractivity contribution is -0.140. The predicted octanol–water partition coefficient (Wildman–Crippen LogP) is 0.509. The number of nitrogens with zero attached hydrogens (tertiary/aromatic N) is 2. The molecular weight excluding hydrogens is 275 g/mol. The third-order valence-electron chi connectivity index (χ3n) is 3.63. The molecule has 1 heterocycles. The number of nitrogen functional groups attached to an aromatic ring is 1. The molecule has 0 spiro atoms. The molecule has 1 saturated heterocycles. The number of nitrogens with one attached hydrogen (secondary N) is 1. The Balaban J connectivity index is 1.95. The lowest BCUT2D eigenvalue weighted by atomic mass is 10.2. The van der Waals surface area contributed by atoms with Gasteiger partial charge in [-0.3, -0.25) is 14.5 Å². The van der Waals surface area contributed by atoms with Crippen molar-refractivity contribution >= 4 is 23.2 Å². The highest BCUT2D eigenvalue weighted by Gasteiger charge is 2.30. The van der Waals surface area contributed by atoms with Crippen LogP contribution in [-0.2, 0) is 9.59 Å². The maximum Gasteiger partial charge on any atom is 0.239 e. The molecule has 3 N–H and O–H groups in total. The summed E-state index contributed by atoms with van der Waals surface area (Å²) in [5.74, 6) is -0.869. The van der Waals surface area contributed by atoms with Crippen molar-refractivity contribution in [3.63, 3.8) is 0 Å². The summed E-state index contributed by atoms with van der Waals surface area (Å²) in [6.45, 7) is 3.08. The summed E-state index contributed by atoms with van der Waals surface area (Å²) in [5.41, 5.74) is 5.76. The topological polar surface area (TPSA) is 78.7 Å². The molecule has 0 bridgehead atoms. The first kappa shape index (κ1) is 15.2. The maximum atomic E-state index is 13.3. The third-order valence-corrected chi connectivity index (χ3v) is 3.63. The first-order chi connectivity index (χ1) is 9.88. The van der Waals surface area contributed by atoms with Crippen molar-refractivity contribution in [1.29, 1.82) is 0 Å². The van der Waals surface area contributed by atoms with Gasteiger partial charge in [0, 0.05) is 25.8 Å². The highest BCUT2D eigenvalue weighted by Crippen LogP contribution is 2.16. The van der Waals surface area contributed by atoms with Gasteiger partial charge in [0.15, 0.2) is 0 Å². The minimum Gasteiger partial charge on any atom is -0.396 e. The Morgan fingerprint density at radius 1 is 1.48 bits per heavy atom. The number of piperazine rings is 1. The maximum absolute atomic E-state index is 13.3. The number of amides is 2. The van der Waals surface area contributed by atoms with E-state index in [1.807, 2.05) is 0 Å². The fourth-order valence-corrected chi connectivity index (χ4v) is 2.26. The lowest BCUT2D eigenvalue weighted by Gasteiger charge is -2.36. The van der Waals surface area contributed by atoms with Crippen LogP contribution in [0.4, 0.5) is 15.8 Å². The zero-order valence-corrected chi connectivity index (χ0v) is 12.1. The summed E-state index contributed by atoms with van der Waals surface area (Å²) in [5, 5.41) is 2.60. The Morgan fingerprint density at radius 3 is 2.86 bits per heavy atom. The van der Waals surface area contributed by atoms with Crippen LogP contribution >= 0.6 is 0 Å². The number of nitrogens with two attached hydrogens (primary N) is 1. The molecule has 0 unspecified atom stereocenters. The van der Waals surface area contributed by atoms with Gasteiger partial charge in [0.25, 0.3) is 0 Å². The lowest BCUT2D eigenvalue weighted by Crippen LogP contribution is -2.55. The molecule has 0 aromatic heterocycles. The number of halogens is 1. The molecule has 0 saturated carbocycles. The average Bonchev–Trinajstić information content (AvgIpc) is 2.44. The molecule has 114 valence electrons. The molecule has 6 nitrogen and oxygen atoms in total. The van der Waals surface area contributed by atoms with E-state index in [0.29, 0.717) is 18.8 Å². The second-order valence-corrected chi connectivity index (χ2v) is 5.19. The molecule has 1 aromatic carbocycles. The van der Waals surface area contributed by atoms with Gasteiger partial charge in [-0.05, 0) is 25.1 Å². The second kappa shape index (κ2) is 6.09.